The highest BCUT2D eigenvalue weighted by Gasteiger charge is 2.47. The van der Waals surface area contributed by atoms with Crippen LogP contribution in [0, 0.1) is 5.41 Å². The van der Waals surface area contributed by atoms with E-state index < -0.39 is 0 Å². The molecule has 0 saturated heterocycles. The van der Waals surface area contributed by atoms with Gasteiger partial charge in [-0.1, -0.05) is 13.8 Å². The minimum Gasteiger partial charge on any atom is -0.392 e. The lowest BCUT2D eigenvalue weighted by molar-refractivity contribution is -0.0512. The van der Waals surface area contributed by atoms with Gasteiger partial charge >= 0.3 is 0 Å². The van der Waals surface area contributed by atoms with E-state index in [0.717, 1.165) is 16.5 Å². The lowest BCUT2D eigenvalue weighted by Crippen LogP contribution is -2.57. The van der Waals surface area contributed by atoms with E-state index in [0.29, 0.717) is 5.95 Å². The average molecular weight is 311 g/mol. The molecule has 0 bridgehead atoms. The summed E-state index contributed by atoms with van der Waals surface area (Å²) in [5.41, 5.74) is 0.659. The van der Waals surface area contributed by atoms with E-state index >= 15 is 0 Å². The van der Waals surface area contributed by atoms with Crippen molar-refractivity contribution in [3.05, 3.63) is 22.8 Å². The van der Waals surface area contributed by atoms with Gasteiger partial charge in [0.05, 0.1) is 10.6 Å². The summed E-state index contributed by atoms with van der Waals surface area (Å²) in [6.07, 6.45) is 2.35. The summed E-state index contributed by atoms with van der Waals surface area (Å²) in [6, 6.07) is 4.06. The number of nitrogens with one attached hydrogen (secondary N) is 1. The number of fused-ring (bicyclic) bond motifs is 1. The molecule has 2 unspecified atom stereocenters. The molecular formula is C12H15BrN4O. The van der Waals surface area contributed by atoms with Crippen LogP contribution in [0.1, 0.15) is 20.3 Å². The van der Waals surface area contributed by atoms with Gasteiger partial charge in [-0.25, -0.2) is 4.52 Å². The molecule has 2 heterocycles. The fraction of sp³-hybridized carbons (Fsp3) is 0.500. The SMILES string of the molecule is CC1(C)C(O)CC1Nc1nc2c(Br)cccn2n1. The number of anilines is 1. The third kappa shape index (κ3) is 1.71. The third-order valence-corrected chi connectivity index (χ3v) is 4.45. The molecule has 1 aliphatic carbocycles. The number of hydrogen-bond acceptors (Lipinski definition) is 4. The Morgan fingerprint density at radius 3 is 2.94 bits per heavy atom. The molecule has 5 nitrogen and oxygen atoms in total. The van der Waals surface area contributed by atoms with Gasteiger partial charge in [0.25, 0.3) is 0 Å². The zero-order valence-corrected chi connectivity index (χ0v) is 11.8. The molecule has 2 atom stereocenters. The Morgan fingerprint density at radius 2 is 2.33 bits per heavy atom. The molecule has 0 aromatic carbocycles. The molecule has 2 aromatic heterocycles. The Bertz CT molecular complexity index is 595. The maximum absolute atomic E-state index is 9.71. The molecule has 1 fully saturated rings. The van der Waals surface area contributed by atoms with Gasteiger partial charge in [-0.05, 0) is 34.5 Å². The predicted octanol–water partition coefficient (Wildman–Crippen LogP) is 2.06. The van der Waals surface area contributed by atoms with E-state index in [2.05, 4.69) is 31.3 Å². The second kappa shape index (κ2) is 3.93. The number of rotatable bonds is 2. The second-order valence-corrected chi connectivity index (χ2v) is 6.18. The number of halogens is 1. The van der Waals surface area contributed by atoms with Gasteiger partial charge in [-0.2, -0.15) is 4.98 Å². The van der Waals surface area contributed by atoms with Crippen molar-refractivity contribution >= 4 is 27.5 Å². The zero-order valence-electron chi connectivity index (χ0n) is 10.3. The highest BCUT2D eigenvalue weighted by molar-refractivity contribution is 9.10. The summed E-state index contributed by atoms with van der Waals surface area (Å²) in [5.74, 6) is 0.604. The Balaban J connectivity index is 1.86. The molecule has 1 saturated carbocycles. The highest BCUT2D eigenvalue weighted by Crippen LogP contribution is 2.41. The van der Waals surface area contributed by atoms with E-state index in [1.54, 1.807) is 4.52 Å². The van der Waals surface area contributed by atoms with Crippen molar-refractivity contribution < 1.29 is 5.11 Å². The Morgan fingerprint density at radius 1 is 1.56 bits per heavy atom. The van der Waals surface area contributed by atoms with Crippen LogP contribution in [-0.2, 0) is 0 Å². The summed E-state index contributed by atoms with van der Waals surface area (Å²) in [4.78, 5) is 4.44. The largest absolute Gasteiger partial charge is 0.392 e. The van der Waals surface area contributed by atoms with E-state index in [9.17, 15) is 5.11 Å². The number of aliphatic hydroxyl groups excluding tert-OH is 1. The first-order valence-corrected chi connectivity index (χ1v) is 6.73. The minimum absolute atomic E-state index is 0.130. The van der Waals surface area contributed by atoms with E-state index in [1.165, 1.54) is 0 Å². The molecule has 0 spiro atoms. The maximum atomic E-state index is 9.71. The summed E-state index contributed by atoms with van der Waals surface area (Å²) in [6.45, 7) is 4.09. The van der Waals surface area contributed by atoms with Gasteiger partial charge in [0, 0.05) is 17.7 Å². The molecule has 6 heteroatoms. The average Bonchev–Trinajstić information content (AvgIpc) is 2.73. The smallest absolute Gasteiger partial charge is 0.243 e. The third-order valence-electron chi connectivity index (χ3n) is 3.83. The first kappa shape index (κ1) is 11.9. The molecular weight excluding hydrogens is 296 g/mol. The predicted molar refractivity (Wildman–Crippen MR) is 72.5 cm³/mol. The molecule has 2 aromatic rings. The van der Waals surface area contributed by atoms with Crippen LogP contribution in [0.5, 0.6) is 0 Å². The number of hydrogen-bond donors (Lipinski definition) is 2. The van der Waals surface area contributed by atoms with E-state index in [1.807, 2.05) is 32.2 Å². The van der Waals surface area contributed by atoms with Crippen LogP contribution in [0.25, 0.3) is 5.65 Å². The summed E-state index contributed by atoms with van der Waals surface area (Å²) < 4.78 is 2.65. The molecule has 3 rings (SSSR count). The van der Waals surface area contributed by atoms with Gasteiger partial charge in [-0.3, -0.25) is 0 Å². The van der Waals surface area contributed by atoms with Crippen molar-refractivity contribution in [2.24, 2.45) is 5.41 Å². The van der Waals surface area contributed by atoms with Crippen molar-refractivity contribution in [2.75, 3.05) is 5.32 Å². The fourth-order valence-electron chi connectivity index (χ4n) is 2.24. The fourth-order valence-corrected chi connectivity index (χ4v) is 2.66. The molecule has 0 radical (unpaired) electrons. The van der Waals surface area contributed by atoms with Crippen LogP contribution in [-0.4, -0.2) is 31.9 Å². The van der Waals surface area contributed by atoms with Crippen LogP contribution in [0.15, 0.2) is 22.8 Å². The van der Waals surface area contributed by atoms with E-state index in [-0.39, 0.29) is 17.6 Å². The Kier molecular flexibility index (Phi) is 2.60. The van der Waals surface area contributed by atoms with E-state index in [4.69, 9.17) is 0 Å². The minimum atomic E-state index is -0.251. The van der Waals surface area contributed by atoms with Crippen molar-refractivity contribution in [1.82, 2.24) is 14.6 Å². The lowest BCUT2D eigenvalue weighted by Gasteiger charge is -2.49. The first-order valence-electron chi connectivity index (χ1n) is 5.94. The first-order chi connectivity index (χ1) is 8.48. The normalized spacial score (nSPS) is 26.0. The zero-order chi connectivity index (χ0) is 12.9. The van der Waals surface area contributed by atoms with Gasteiger partial charge in [0.1, 0.15) is 0 Å². The summed E-state index contributed by atoms with van der Waals surface area (Å²) in [5, 5.41) is 17.4. The Labute approximate surface area is 113 Å². The summed E-state index contributed by atoms with van der Waals surface area (Å²) in [7, 11) is 0. The molecule has 18 heavy (non-hydrogen) atoms. The van der Waals surface area contributed by atoms with Crippen molar-refractivity contribution in [3.63, 3.8) is 0 Å². The van der Waals surface area contributed by atoms with Gasteiger partial charge < -0.3 is 10.4 Å². The summed E-state index contributed by atoms with van der Waals surface area (Å²) >= 11 is 3.45. The van der Waals surface area contributed by atoms with Gasteiger partial charge in [0.15, 0.2) is 5.65 Å². The second-order valence-electron chi connectivity index (χ2n) is 5.33. The van der Waals surface area contributed by atoms with Gasteiger partial charge in [0.2, 0.25) is 5.95 Å². The van der Waals surface area contributed by atoms with Crippen molar-refractivity contribution in [1.29, 1.82) is 0 Å². The quantitative estimate of drug-likeness (QED) is 0.891. The van der Waals surface area contributed by atoms with Crippen LogP contribution >= 0.6 is 15.9 Å². The maximum Gasteiger partial charge on any atom is 0.243 e. The van der Waals surface area contributed by atoms with Crippen LogP contribution in [0.4, 0.5) is 5.95 Å². The molecule has 0 aliphatic heterocycles. The van der Waals surface area contributed by atoms with Crippen LogP contribution in [0.3, 0.4) is 0 Å². The number of pyridine rings is 1. The van der Waals surface area contributed by atoms with Crippen LogP contribution in [0.2, 0.25) is 0 Å². The molecule has 96 valence electrons. The monoisotopic (exact) mass is 310 g/mol. The molecule has 0 amide bonds. The standard InChI is InChI=1S/C12H15BrN4O/c1-12(2)8(6-9(12)18)14-11-15-10-7(13)4-3-5-17(10)16-11/h3-5,8-9,18H,6H2,1-2H3,(H,14,16). The van der Waals surface area contributed by atoms with Crippen LogP contribution < -0.4 is 5.32 Å². The number of aliphatic hydroxyl groups is 1. The van der Waals surface area contributed by atoms with Gasteiger partial charge in [-0.15, -0.1) is 5.10 Å². The highest BCUT2D eigenvalue weighted by atomic mass is 79.9. The Hall–Kier alpha value is -1.14. The van der Waals surface area contributed by atoms with Crippen molar-refractivity contribution in [2.45, 2.75) is 32.4 Å². The molecule has 2 N–H and O–H groups in total. The number of nitrogens with zero attached hydrogens (tertiary/aromatic N) is 3. The number of aromatic nitrogens is 3. The molecule has 1 aliphatic rings. The lowest BCUT2D eigenvalue weighted by atomic mass is 9.65. The topological polar surface area (TPSA) is 62.5 Å². The van der Waals surface area contributed by atoms with Crippen molar-refractivity contribution in [3.8, 4) is 0 Å².